The fourth-order valence-corrected chi connectivity index (χ4v) is 2.70. The Bertz CT molecular complexity index is 889. The molecule has 27 heavy (non-hydrogen) atoms. The molecule has 0 bridgehead atoms. The first-order chi connectivity index (χ1) is 13.1. The Morgan fingerprint density at radius 1 is 1.41 bits per heavy atom. The number of amides is 1. The van der Waals surface area contributed by atoms with Gasteiger partial charge in [-0.1, -0.05) is 6.08 Å². The minimum Gasteiger partial charge on any atom is -0.481 e. The van der Waals surface area contributed by atoms with Crippen LogP contribution in [-0.2, 0) is 4.79 Å². The minimum absolute atomic E-state index is 0.0287. The minimum atomic E-state index is -0.224. The van der Waals surface area contributed by atoms with E-state index in [1.165, 1.54) is 13.4 Å². The van der Waals surface area contributed by atoms with Crippen molar-refractivity contribution in [3.8, 4) is 17.1 Å². The molecule has 9 heteroatoms. The first kappa shape index (κ1) is 18.6. The van der Waals surface area contributed by atoms with E-state index in [1.54, 1.807) is 35.4 Å². The quantitative estimate of drug-likeness (QED) is 0.599. The van der Waals surface area contributed by atoms with Gasteiger partial charge in [0.1, 0.15) is 12.0 Å². The molecule has 0 saturated carbocycles. The second-order valence-electron chi connectivity index (χ2n) is 6.12. The Labute approximate surface area is 156 Å². The SMILES string of the molecule is CNCC=CC(=O)N1CC(Nc2cc(-c3cc(OC)ncn3)c[nH]c2=O)C1. The summed E-state index contributed by atoms with van der Waals surface area (Å²) >= 11 is 0. The summed E-state index contributed by atoms with van der Waals surface area (Å²) in [6, 6.07) is 3.46. The molecule has 9 nitrogen and oxygen atoms in total. The Morgan fingerprint density at radius 2 is 2.22 bits per heavy atom. The first-order valence-corrected chi connectivity index (χ1v) is 8.56. The number of hydrogen-bond donors (Lipinski definition) is 3. The number of carbonyl (C=O) groups is 1. The number of hydrogen-bond acceptors (Lipinski definition) is 7. The van der Waals surface area contributed by atoms with Crippen molar-refractivity contribution >= 4 is 11.6 Å². The third-order valence-corrected chi connectivity index (χ3v) is 4.19. The second kappa shape index (κ2) is 8.45. The molecule has 1 saturated heterocycles. The standard InChI is InChI=1S/C18H22N6O3/c1-19-5-3-4-17(25)24-9-13(10-24)23-15-6-12(8-20-18(15)26)14-7-16(27-2)22-11-21-14/h3-4,6-8,11,13,19,23H,5,9-10H2,1-2H3,(H,20,26). The van der Waals surface area contributed by atoms with Crippen LogP contribution in [0, 0.1) is 0 Å². The van der Waals surface area contributed by atoms with Crippen molar-refractivity contribution in [3.63, 3.8) is 0 Å². The van der Waals surface area contributed by atoms with Crippen LogP contribution in [0.3, 0.4) is 0 Å². The lowest BCUT2D eigenvalue weighted by Gasteiger charge is -2.39. The summed E-state index contributed by atoms with van der Waals surface area (Å²) in [5, 5.41) is 6.14. The molecular formula is C18H22N6O3. The molecule has 1 amide bonds. The largest absolute Gasteiger partial charge is 0.481 e. The summed E-state index contributed by atoms with van der Waals surface area (Å²) in [7, 11) is 3.35. The molecule has 2 aromatic heterocycles. The Kier molecular flexibility index (Phi) is 5.82. The number of rotatable bonds is 7. The fraction of sp³-hybridized carbons (Fsp3) is 0.333. The van der Waals surface area contributed by atoms with Gasteiger partial charge in [0, 0.05) is 43.5 Å². The van der Waals surface area contributed by atoms with Crippen LogP contribution in [0.25, 0.3) is 11.3 Å². The maximum atomic E-state index is 12.1. The van der Waals surface area contributed by atoms with Gasteiger partial charge in [-0.3, -0.25) is 9.59 Å². The number of likely N-dealkylation sites (tertiary alicyclic amines) is 1. The van der Waals surface area contributed by atoms with Crippen molar-refractivity contribution in [2.45, 2.75) is 6.04 Å². The number of nitrogens with zero attached hydrogens (tertiary/aromatic N) is 3. The van der Waals surface area contributed by atoms with E-state index in [9.17, 15) is 9.59 Å². The van der Waals surface area contributed by atoms with E-state index in [1.807, 2.05) is 7.05 Å². The summed E-state index contributed by atoms with van der Waals surface area (Å²) < 4.78 is 5.11. The zero-order chi connectivity index (χ0) is 19.2. The Balaban J connectivity index is 1.65. The Hall–Kier alpha value is -3.20. The van der Waals surface area contributed by atoms with Crippen molar-refractivity contribution in [2.24, 2.45) is 0 Å². The number of anilines is 1. The van der Waals surface area contributed by atoms with Crippen molar-refractivity contribution < 1.29 is 9.53 Å². The van der Waals surface area contributed by atoms with Gasteiger partial charge in [0.05, 0.1) is 18.8 Å². The average Bonchev–Trinajstić information content (AvgIpc) is 2.65. The summed E-state index contributed by atoms with van der Waals surface area (Å²) in [4.78, 5) is 36.7. The summed E-state index contributed by atoms with van der Waals surface area (Å²) in [6.07, 6.45) is 6.34. The normalized spacial score (nSPS) is 14.2. The smallest absolute Gasteiger partial charge is 0.271 e. The van der Waals surface area contributed by atoms with Crippen LogP contribution in [0.15, 0.2) is 41.6 Å². The molecule has 0 aliphatic carbocycles. The van der Waals surface area contributed by atoms with Crippen molar-refractivity contribution in [1.29, 1.82) is 0 Å². The molecule has 0 spiro atoms. The molecule has 1 aliphatic heterocycles. The summed E-state index contributed by atoms with van der Waals surface area (Å²) in [5.41, 5.74) is 1.59. The van der Waals surface area contributed by atoms with E-state index in [4.69, 9.17) is 4.74 Å². The molecule has 0 atom stereocenters. The monoisotopic (exact) mass is 370 g/mol. The zero-order valence-electron chi connectivity index (χ0n) is 15.2. The van der Waals surface area contributed by atoms with Gasteiger partial charge in [0.25, 0.3) is 5.56 Å². The molecule has 0 aromatic carbocycles. The predicted molar refractivity (Wildman–Crippen MR) is 102 cm³/mol. The van der Waals surface area contributed by atoms with Crippen LogP contribution in [-0.4, -0.2) is 65.6 Å². The van der Waals surface area contributed by atoms with E-state index in [-0.39, 0.29) is 17.5 Å². The van der Waals surface area contributed by atoms with Crippen LogP contribution in [0.4, 0.5) is 5.69 Å². The zero-order valence-corrected chi connectivity index (χ0v) is 15.2. The molecule has 2 aromatic rings. The second-order valence-corrected chi connectivity index (χ2v) is 6.12. The number of aromatic nitrogens is 3. The molecule has 0 radical (unpaired) electrons. The number of H-pyrrole nitrogens is 1. The van der Waals surface area contributed by atoms with E-state index < -0.39 is 0 Å². The molecule has 3 rings (SSSR count). The predicted octanol–water partition coefficient (Wildman–Crippen LogP) is 0.239. The number of nitrogens with one attached hydrogen (secondary N) is 3. The Morgan fingerprint density at radius 3 is 2.96 bits per heavy atom. The fourth-order valence-electron chi connectivity index (χ4n) is 2.70. The van der Waals surface area contributed by atoms with Crippen molar-refractivity contribution in [3.05, 3.63) is 47.2 Å². The highest BCUT2D eigenvalue weighted by atomic mass is 16.5. The van der Waals surface area contributed by atoms with Crippen LogP contribution in [0.1, 0.15) is 0 Å². The molecule has 1 aliphatic rings. The third kappa shape index (κ3) is 4.50. The van der Waals surface area contributed by atoms with E-state index >= 15 is 0 Å². The molecule has 3 N–H and O–H groups in total. The maximum absolute atomic E-state index is 12.1. The molecule has 1 fully saturated rings. The lowest BCUT2D eigenvalue weighted by molar-refractivity contribution is -0.129. The highest BCUT2D eigenvalue weighted by Gasteiger charge is 2.29. The van der Waals surface area contributed by atoms with Gasteiger partial charge in [-0.15, -0.1) is 0 Å². The molecule has 0 unspecified atom stereocenters. The average molecular weight is 370 g/mol. The molecule has 142 valence electrons. The summed E-state index contributed by atoms with van der Waals surface area (Å²) in [6.45, 7) is 1.75. The van der Waals surface area contributed by atoms with Gasteiger partial charge < -0.3 is 25.3 Å². The van der Waals surface area contributed by atoms with Gasteiger partial charge >= 0.3 is 0 Å². The number of aromatic amines is 1. The van der Waals surface area contributed by atoms with Crippen LogP contribution in [0.2, 0.25) is 0 Å². The van der Waals surface area contributed by atoms with Gasteiger partial charge in [0.2, 0.25) is 11.8 Å². The molecular weight excluding hydrogens is 348 g/mol. The van der Waals surface area contributed by atoms with Gasteiger partial charge in [-0.25, -0.2) is 9.97 Å². The third-order valence-electron chi connectivity index (χ3n) is 4.19. The van der Waals surface area contributed by atoms with Crippen molar-refractivity contribution in [1.82, 2.24) is 25.2 Å². The lowest BCUT2D eigenvalue weighted by atomic mass is 10.1. The van der Waals surface area contributed by atoms with Crippen LogP contribution in [0.5, 0.6) is 5.88 Å². The van der Waals surface area contributed by atoms with E-state index in [0.29, 0.717) is 36.9 Å². The van der Waals surface area contributed by atoms with E-state index in [0.717, 1.165) is 5.56 Å². The van der Waals surface area contributed by atoms with Gasteiger partial charge in [-0.05, 0) is 13.1 Å². The van der Waals surface area contributed by atoms with Crippen LogP contribution < -0.4 is 20.9 Å². The van der Waals surface area contributed by atoms with Crippen LogP contribution >= 0.6 is 0 Å². The lowest BCUT2D eigenvalue weighted by Crippen LogP contribution is -2.57. The number of likely N-dealkylation sites (N-methyl/N-ethyl adjacent to an activating group) is 1. The van der Waals surface area contributed by atoms with E-state index in [2.05, 4.69) is 25.6 Å². The van der Waals surface area contributed by atoms with Gasteiger partial charge in [-0.2, -0.15) is 0 Å². The maximum Gasteiger partial charge on any atom is 0.271 e. The van der Waals surface area contributed by atoms with Gasteiger partial charge in [0.15, 0.2) is 0 Å². The number of carbonyl (C=O) groups excluding carboxylic acids is 1. The summed E-state index contributed by atoms with van der Waals surface area (Å²) in [5.74, 6) is 0.416. The highest BCUT2D eigenvalue weighted by Crippen LogP contribution is 2.21. The van der Waals surface area contributed by atoms with Crippen molar-refractivity contribution in [2.75, 3.05) is 39.1 Å². The number of ether oxygens (including phenoxy) is 1. The topological polar surface area (TPSA) is 112 Å². The highest BCUT2D eigenvalue weighted by molar-refractivity contribution is 5.88. The number of pyridine rings is 1. The molecule has 3 heterocycles. The first-order valence-electron chi connectivity index (χ1n) is 8.56. The number of methoxy groups -OCH3 is 1.